The van der Waals surface area contributed by atoms with Gasteiger partial charge in [0.25, 0.3) is 11.8 Å². The van der Waals surface area contributed by atoms with Gasteiger partial charge in [-0.1, -0.05) is 121 Å². The number of para-hydroxylation sites is 2. The third-order valence-electron chi connectivity index (χ3n) is 8.71. The highest BCUT2D eigenvalue weighted by Gasteiger charge is 2.34. The van der Waals surface area contributed by atoms with E-state index in [9.17, 15) is 9.59 Å². The van der Waals surface area contributed by atoms with Gasteiger partial charge in [0.1, 0.15) is 11.4 Å². The minimum absolute atomic E-state index is 0.104. The summed E-state index contributed by atoms with van der Waals surface area (Å²) in [6.07, 6.45) is 0. The van der Waals surface area contributed by atoms with Gasteiger partial charge in [-0.25, -0.2) is 9.98 Å². The van der Waals surface area contributed by atoms with Gasteiger partial charge in [0.15, 0.2) is 0 Å². The van der Waals surface area contributed by atoms with E-state index in [1.165, 1.54) is 0 Å². The Morgan fingerprint density at radius 1 is 0.396 bits per heavy atom. The Morgan fingerprint density at radius 3 is 1.15 bits per heavy atom. The van der Waals surface area contributed by atoms with Crippen molar-refractivity contribution in [3.63, 3.8) is 0 Å². The van der Waals surface area contributed by atoms with Crippen LogP contribution in [0.3, 0.4) is 0 Å². The molecule has 0 fully saturated rings. The molecule has 0 N–H and O–H groups in total. The van der Waals surface area contributed by atoms with Crippen molar-refractivity contribution in [1.29, 1.82) is 0 Å². The minimum Gasteiger partial charge on any atom is -0.302 e. The van der Waals surface area contributed by atoms with Gasteiger partial charge in [0.05, 0.1) is 35.8 Å². The zero-order valence-corrected chi connectivity index (χ0v) is 26.0. The van der Waals surface area contributed by atoms with Crippen LogP contribution in [0.15, 0.2) is 168 Å². The second kappa shape index (κ2) is 12.4. The average Bonchev–Trinajstić information content (AvgIpc) is 3.55. The van der Waals surface area contributed by atoms with Crippen LogP contribution in [0, 0.1) is 0 Å². The molecule has 6 aromatic rings. The number of benzene rings is 6. The van der Waals surface area contributed by atoms with Crippen LogP contribution in [0.5, 0.6) is 0 Å². The number of carbonyl (C=O) groups excluding carboxylic acids is 2. The summed E-state index contributed by atoms with van der Waals surface area (Å²) in [6, 6.07) is 51.3. The standard InChI is InChI=1S/C42H30N4O2/c47-41-39(35-15-7-9-17-37(35)45(41)27-29-11-3-1-4-12-29)43-33-23-19-31(20-24-33)32-21-25-34(26-22-32)44-40-36-16-8-10-18-38(36)46(42(40)48)28-30-13-5-2-6-14-30/h1-26H,27-28H2. The summed E-state index contributed by atoms with van der Waals surface area (Å²) in [6.45, 7) is 0.978. The molecule has 0 bridgehead atoms. The van der Waals surface area contributed by atoms with Crippen molar-refractivity contribution in [1.82, 2.24) is 0 Å². The number of amides is 2. The number of hydrogen-bond donors (Lipinski definition) is 0. The summed E-state index contributed by atoms with van der Waals surface area (Å²) >= 11 is 0. The number of hydrogen-bond acceptors (Lipinski definition) is 4. The quantitative estimate of drug-likeness (QED) is 0.179. The average molecular weight is 623 g/mol. The van der Waals surface area contributed by atoms with E-state index >= 15 is 0 Å². The lowest BCUT2D eigenvalue weighted by atomic mass is 10.0. The zero-order chi connectivity index (χ0) is 32.5. The lowest BCUT2D eigenvalue weighted by molar-refractivity contribution is -0.113. The predicted octanol–water partition coefficient (Wildman–Crippen LogP) is 8.69. The molecule has 6 heteroatoms. The largest absolute Gasteiger partial charge is 0.302 e. The van der Waals surface area contributed by atoms with Crippen LogP contribution in [0.1, 0.15) is 22.3 Å². The van der Waals surface area contributed by atoms with Crippen LogP contribution in [0.2, 0.25) is 0 Å². The Bertz CT molecular complexity index is 2050. The van der Waals surface area contributed by atoms with Gasteiger partial charge >= 0.3 is 0 Å². The summed E-state index contributed by atoms with van der Waals surface area (Å²) in [7, 11) is 0. The lowest BCUT2D eigenvalue weighted by Crippen LogP contribution is -2.29. The van der Waals surface area contributed by atoms with Crippen molar-refractivity contribution in [2.45, 2.75) is 13.1 Å². The van der Waals surface area contributed by atoms with E-state index in [2.05, 4.69) is 0 Å². The van der Waals surface area contributed by atoms with E-state index in [1.54, 1.807) is 9.80 Å². The molecule has 6 nitrogen and oxygen atoms in total. The molecule has 0 atom stereocenters. The molecule has 0 radical (unpaired) electrons. The zero-order valence-electron chi connectivity index (χ0n) is 26.0. The number of rotatable bonds is 7. The Kier molecular flexibility index (Phi) is 7.51. The Hall–Kier alpha value is -6.40. The number of fused-ring (bicyclic) bond motifs is 2. The summed E-state index contributed by atoms with van der Waals surface area (Å²) in [4.78, 5) is 40.3. The van der Waals surface area contributed by atoms with Crippen molar-refractivity contribution < 1.29 is 9.59 Å². The van der Waals surface area contributed by atoms with Gasteiger partial charge in [-0.2, -0.15) is 0 Å². The fourth-order valence-electron chi connectivity index (χ4n) is 6.30. The van der Waals surface area contributed by atoms with Crippen LogP contribution in [0.4, 0.5) is 22.7 Å². The molecule has 48 heavy (non-hydrogen) atoms. The SMILES string of the molecule is O=C1C(=Nc2ccc(-c3ccc(N=C4C(=O)N(Cc5ccccc5)c5ccccc54)cc3)cc2)c2ccccc2N1Cc1ccccc1. The van der Waals surface area contributed by atoms with Gasteiger partial charge in [-0.3, -0.25) is 9.59 Å². The van der Waals surface area contributed by atoms with Gasteiger partial charge in [0.2, 0.25) is 0 Å². The van der Waals surface area contributed by atoms with Crippen molar-refractivity contribution in [3.8, 4) is 11.1 Å². The molecule has 0 aliphatic carbocycles. The third kappa shape index (κ3) is 5.50. The Balaban J connectivity index is 1.01. The topological polar surface area (TPSA) is 65.3 Å². The molecule has 8 rings (SSSR count). The molecule has 0 spiro atoms. The van der Waals surface area contributed by atoms with Gasteiger partial charge in [-0.15, -0.1) is 0 Å². The maximum Gasteiger partial charge on any atom is 0.277 e. The van der Waals surface area contributed by atoms with E-state index in [0.29, 0.717) is 35.9 Å². The Morgan fingerprint density at radius 2 is 0.750 bits per heavy atom. The highest BCUT2D eigenvalue weighted by atomic mass is 16.2. The molecular formula is C42H30N4O2. The van der Waals surface area contributed by atoms with Crippen LogP contribution in [-0.4, -0.2) is 23.2 Å². The van der Waals surface area contributed by atoms with Crippen LogP contribution in [-0.2, 0) is 22.7 Å². The fourth-order valence-corrected chi connectivity index (χ4v) is 6.30. The maximum absolute atomic E-state index is 13.6. The van der Waals surface area contributed by atoms with Gasteiger partial charge in [0, 0.05) is 11.1 Å². The van der Waals surface area contributed by atoms with Crippen LogP contribution < -0.4 is 9.80 Å². The van der Waals surface area contributed by atoms with Crippen molar-refractivity contribution >= 4 is 46.0 Å². The van der Waals surface area contributed by atoms with Crippen molar-refractivity contribution in [2.24, 2.45) is 9.98 Å². The normalized spacial score (nSPS) is 15.3. The van der Waals surface area contributed by atoms with Crippen LogP contribution >= 0.6 is 0 Å². The number of nitrogens with zero attached hydrogens (tertiary/aromatic N) is 4. The molecule has 230 valence electrons. The number of anilines is 2. The fraction of sp³-hybridized carbons (Fsp3) is 0.0476. The molecule has 6 aromatic carbocycles. The highest BCUT2D eigenvalue weighted by Crippen LogP contribution is 2.34. The molecule has 0 saturated heterocycles. The summed E-state index contributed by atoms with van der Waals surface area (Å²) in [5, 5.41) is 0. The minimum atomic E-state index is -0.104. The highest BCUT2D eigenvalue weighted by molar-refractivity contribution is 6.55. The monoisotopic (exact) mass is 622 g/mol. The van der Waals surface area contributed by atoms with Crippen LogP contribution in [0.25, 0.3) is 11.1 Å². The van der Waals surface area contributed by atoms with E-state index < -0.39 is 0 Å². The lowest BCUT2D eigenvalue weighted by Gasteiger charge is -2.16. The predicted molar refractivity (Wildman–Crippen MR) is 192 cm³/mol. The number of carbonyl (C=O) groups is 2. The van der Waals surface area contributed by atoms with Crippen molar-refractivity contribution in [3.05, 3.63) is 180 Å². The molecule has 0 saturated carbocycles. The van der Waals surface area contributed by atoms with Gasteiger partial charge < -0.3 is 9.80 Å². The second-order valence-corrected chi connectivity index (χ2v) is 11.8. The van der Waals surface area contributed by atoms with Crippen molar-refractivity contribution in [2.75, 3.05) is 9.80 Å². The first-order chi connectivity index (χ1) is 23.6. The first-order valence-corrected chi connectivity index (χ1v) is 15.9. The number of aliphatic imine (C=N–C) groups is 2. The first kappa shape index (κ1) is 29.0. The second-order valence-electron chi connectivity index (χ2n) is 11.8. The Labute approximate surface area is 279 Å². The maximum atomic E-state index is 13.6. The van der Waals surface area contributed by atoms with E-state index in [4.69, 9.17) is 9.98 Å². The summed E-state index contributed by atoms with van der Waals surface area (Å²) in [5.74, 6) is -0.208. The van der Waals surface area contributed by atoms with E-state index in [0.717, 1.165) is 44.8 Å². The summed E-state index contributed by atoms with van der Waals surface area (Å²) in [5.41, 5.74) is 9.89. The molecule has 0 aromatic heterocycles. The molecule has 2 heterocycles. The first-order valence-electron chi connectivity index (χ1n) is 15.9. The molecular weight excluding hydrogens is 592 g/mol. The molecule has 2 aliphatic rings. The molecule has 0 unspecified atom stereocenters. The van der Waals surface area contributed by atoms with E-state index in [-0.39, 0.29) is 11.8 Å². The third-order valence-corrected chi connectivity index (χ3v) is 8.71. The van der Waals surface area contributed by atoms with E-state index in [1.807, 2.05) is 158 Å². The summed E-state index contributed by atoms with van der Waals surface area (Å²) < 4.78 is 0. The molecule has 2 amide bonds. The smallest absolute Gasteiger partial charge is 0.277 e. The molecule has 2 aliphatic heterocycles. The van der Waals surface area contributed by atoms with Gasteiger partial charge in [-0.05, 0) is 58.7 Å².